The lowest BCUT2D eigenvalue weighted by Gasteiger charge is -2.16. The molecule has 0 saturated heterocycles. The Morgan fingerprint density at radius 3 is 1.19 bits per heavy atom. The Kier molecular flexibility index (Phi) is 24.8. The van der Waals surface area contributed by atoms with Gasteiger partial charge in [0.15, 0.2) is 0 Å². The minimum absolute atomic E-state index is 0.0451. The number of aliphatic carboxylic acids is 2. The topological polar surface area (TPSA) is 214 Å². The zero-order valence-electron chi connectivity index (χ0n) is 24.1. The van der Waals surface area contributed by atoms with Gasteiger partial charge in [-0.3, -0.25) is 9.59 Å². The van der Waals surface area contributed by atoms with E-state index < -0.39 is 11.9 Å². The van der Waals surface area contributed by atoms with E-state index in [0.29, 0.717) is 24.2 Å². The SMILES string of the molecule is CC(C)(CO)CO.O=C(O)CCCCC(=O)O.O=C=Nc1ccc(Cc2ccc(N=C=O)cc2)cc1.OCCCCO. The first-order valence-corrected chi connectivity index (χ1v) is 13.2. The van der Waals surface area contributed by atoms with E-state index in [1.165, 1.54) is 12.2 Å². The first kappa shape index (κ1) is 40.1. The number of carboxylic acid groups (broad SMARTS) is 2. The first-order chi connectivity index (χ1) is 20.0. The highest BCUT2D eigenvalue weighted by molar-refractivity contribution is 5.67. The molecule has 0 aliphatic rings. The van der Waals surface area contributed by atoms with Crippen molar-refractivity contribution in [3.63, 3.8) is 0 Å². The Morgan fingerprint density at radius 1 is 0.643 bits per heavy atom. The number of hydrogen-bond acceptors (Lipinski definition) is 10. The highest BCUT2D eigenvalue weighted by Gasteiger charge is 2.13. The van der Waals surface area contributed by atoms with Crippen molar-refractivity contribution in [3.8, 4) is 0 Å². The average molecular weight is 591 g/mol. The maximum Gasteiger partial charge on any atom is 0.303 e. The molecular weight excluding hydrogens is 548 g/mol. The number of unbranched alkanes of at least 4 members (excludes halogenated alkanes) is 2. The molecule has 0 spiro atoms. The third-order valence-corrected chi connectivity index (χ3v) is 5.08. The smallest absolute Gasteiger partial charge is 0.303 e. The maximum absolute atomic E-state index is 10.1. The summed E-state index contributed by atoms with van der Waals surface area (Å²) in [5.74, 6) is -1.74. The number of aliphatic hydroxyl groups is 4. The van der Waals surface area contributed by atoms with Crippen molar-refractivity contribution < 1.29 is 49.8 Å². The van der Waals surface area contributed by atoms with E-state index in [4.69, 9.17) is 30.6 Å². The molecule has 0 fully saturated rings. The van der Waals surface area contributed by atoms with Gasteiger partial charge in [-0.1, -0.05) is 38.1 Å². The fourth-order valence-corrected chi connectivity index (χ4v) is 2.54. The number of carbonyl (C=O) groups excluding carboxylic acids is 2. The summed E-state index contributed by atoms with van der Waals surface area (Å²) in [6, 6.07) is 14.7. The lowest BCUT2D eigenvalue weighted by molar-refractivity contribution is -0.139. The quantitative estimate of drug-likeness (QED) is 0.107. The summed E-state index contributed by atoms with van der Waals surface area (Å²) in [7, 11) is 0. The van der Waals surface area contributed by atoms with Crippen molar-refractivity contribution in [2.45, 2.75) is 58.8 Å². The van der Waals surface area contributed by atoms with Gasteiger partial charge in [-0.05, 0) is 67.5 Å². The summed E-state index contributed by atoms with van der Waals surface area (Å²) in [6.45, 7) is 4.08. The molecule has 0 amide bonds. The monoisotopic (exact) mass is 590 g/mol. The van der Waals surface area contributed by atoms with E-state index in [9.17, 15) is 19.2 Å². The van der Waals surface area contributed by atoms with Gasteiger partial charge in [0, 0.05) is 31.5 Å². The number of nitrogens with zero attached hydrogens (tertiary/aromatic N) is 2. The molecule has 0 heterocycles. The predicted octanol–water partition coefficient (Wildman–Crippen LogP) is 3.68. The van der Waals surface area contributed by atoms with Gasteiger partial charge >= 0.3 is 11.9 Å². The van der Waals surface area contributed by atoms with Crippen LogP contribution in [0, 0.1) is 5.41 Å². The number of rotatable bonds is 14. The summed E-state index contributed by atoms with van der Waals surface area (Å²) in [5.41, 5.74) is 3.09. The van der Waals surface area contributed by atoms with Gasteiger partial charge in [0.2, 0.25) is 12.2 Å². The highest BCUT2D eigenvalue weighted by Crippen LogP contribution is 2.18. The maximum atomic E-state index is 10.1. The number of isocyanates is 2. The molecule has 0 bridgehead atoms. The number of benzene rings is 2. The Bertz CT molecular complexity index is 1000. The van der Waals surface area contributed by atoms with Gasteiger partial charge in [0.05, 0.1) is 24.6 Å². The summed E-state index contributed by atoms with van der Waals surface area (Å²) in [4.78, 5) is 47.1. The fourth-order valence-electron chi connectivity index (χ4n) is 2.54. The largest absolute Gasteiger partial charge is 0.481 e. The second-order valence-corrected chi connectivity index (χ2v) is 9.55. The molecule has 2 aromatic carbocycles. The molecule has 0 radical (unpaired) electrons. The van der Waals surface area contributed by atoms with Crippen molar-refractivity contribution in [2.24, 2.45) is 15.4 Å². The number of aliphatic imine (C=N–C) groups is 2. The third-order valence-electron chi connectivity index (χ3n) is 5.08. The highest BCUT2D eigenvalue weighted by atomic mass is 16.4. The Morgan fingerprint density at radius 2 is 0.976 bits per heavy atom. The van der Waals surface area contributed by atoms with Crippen LogP contribution >= 0.6 is 0 Å². The van der Waals surface area contributed by atoms with Crippen LogP contribution < -0.4 is 0 Å². The molecule has 0 aromatic heterocycles. The van der Waals surface area contributed by atoms with Crippen LogP contribution in [0.5, 0.6) is 0 Å². The van der Waals surface area contributed by atoms with Crippen molar-refractivity contribution in [1.29, 1.82) is 0 Å². The standard InChI is InChI=1S/C15H10N2O2.C6H10O4.C5H12O2.C4H10O2/c18-10-16-14-5-1-12(2-6-14)9-13-3-7-15(8-4-13)17-11-19;7-5(8)3-1-2-4-6(9)10;1-5(2,3-6)4-7;5-3-1-2-4-6/h1-8H,9H2;1-4H2,(H,7,8)(H,9,10);6-7H,3-4H2,1-2H3;5-6H,1-4H2. The third kappa shape index (κ3) is 25.0. The van der Waals surface area contributed by atoms with Crippen molar-refractivity contribution in [1.82, 2.24) is 0 Å². The molecule has 6 N–H and O–H groups in total. The minimum atomic E-state index is -0.870. The normalized spacial score (nSPS) is 9.67. The Hall–Kier alpha value is -4.02. The zero-order valence-corrected chi connectivity index (χ0v) is 24.1. The van der Waals surface area contributed by atoms with Crippen molar-refractivity contribution in [2.75, 3.05) is 26.4 Å². The number of aliphatic hydroxyl groups excluding tert-OH is 4. The molecule has 0 aliphatic heterocycles. The average Bonchev–Trinajstić information content (AvgIpc) is 2.97. The van der Waals surface area contributed by atoms with Crippen LogP contribution in [0.25, 0.3) is 0 Å². The van der Waals surface area contributed by atoms with Gasteiger partial charge < -0.3 is 30.6 Å². The molecular formula is C30H42N2O10. The fraction of sp³-hybridized carbons (Fsp3) is 0.467. The summed E-state index contributed by atoms with van der Waals surface area (Å²) in [6.07, 6.45) is 6.22. The molecule has 42 heavy (non-hydrogen) atoms. The predicted molar refractivity (Wildman–Crippen MR) is 156 cm³/mol. The van der Waals surface area contributed by atoms with E-state index in [1.54, 1.807) is 38.1 Å². The van der Waals surface area contributed by atoms with Crippen LogP contribution in [0.1, 0.15) is 63.5 Å². The van der Waals surface area contributed by atoms with Crippen LogP contribution in [0.2, 0.25) is 0 Å². The first-order valence-electron chi connectivity index (χ1n) is 13.2. The van der Waals surface area contributed by atoms with Crippen LogP contribution in [0.4, 0.5) is 11.4 Å². The van der Waals surface area contributed by atoms with Gasteiger partial charge in [0.25, 0.3) is 0 Å². The van der Waals surface area contributed by atoms with Gasteiger partial charge in [0.1, 0.15) is 0 Å². The van der Waals surface area contributed by atoms with Crippen molar-refractivity contribution in [3.05, 3.63) is 59.7 Å². The molecule has 2 rings (SSSR count). The van der Waals surface area contributed by atoms with Gasteiger partial charge in [-0.15, -0.1) is 0 Å². The summed E-state index contributed by atoms with van der Waals surface area (Å²) >= 11 is 0. The molecule has 12 nitrogen and oxygen atoms in total. The second-order valence-electron chi connectivity index (χ2n) is 9.55. The molecule has 0 unspecified atom stereocenters. The molecule has 232 valence electrons. The minimum Gasteiger partial charge on any atom is -0.481 e. The number of hydrogen-bond donors (Lipinski definition) is 6. The van der Waals surface area contributed by atoms with Gasteiger partial charge in [-0.25, -0.2) is 9.59 Å². The van der Waals surface area contributed by atoms with E-state index in [-0.39, 0.29) is 44.7 Å². The molecule has 0 aliphatic carbocycles. The van der Waals surface area contributed by atoms with Crippen LogP contribution in [0.3, 0.4) is 0 Å². The molecule has 12 heteroatoms. The van der Waals surface area contributed by atoms with Crippen LogP contribution in [-0.4, -0.2) is 81.2 Å². The lowest BCUT2D eigenvalue weighted by atomic mass is 9.97. The van der Waals surface area contributed by atoms with Crippen LogP contribution in [0.15, 0.2) is 58.5 Å². The number of carboxylic acids is 2. The molecule has 0 saturated carbocycles. The van der Waals surface area contributed by atoms with E-state index in [0.717, 1.165) is 30.4 Å². The Balaban J connectivity index is 0. The lowest BCUT2D eigenvalue weighted by Crippen LogP contribution is -2.20. The summed E-state index contributed by atoms with van der Waals surface area (Å²) < 4.78 is 0. The van der Waals surface area contributed by atoms with Crippen molar-refractivity contribution >= 4 is 35.5 Å². The van der Waals surface area contributed by atoms with E-state index >= 15 is 0 Å². The molecule has 0 atom stereocenters. The summed E-state index contributed by atoms with van der Waals surface area (Å²) in [5, 5.41) is 49.3. The van der Waals surface area contributed by atoms with E-state index in [2.05, 4.69) is 9.98 Å². The van der Waals surface area contributed by atoms with Gasteiger partial charge in [-0.2, -0.15) is 9.98 Å². The Labute approximate surface area is 245 Å². The zero-order chi connectivity index (χ0) is 32.2. The van der Waals surface area contributed by atoms with E-state index in [1.807, 2.05) is 24.3 Å². The second kappa shape index (κ2) is 25.9. The van der Waals surface area contributed by atoms with Crippen LogP contribution in [-0.2, 0) is 25.6 Å². The number of carbonyl (C=O) groups is 2. The molecule has 2 aromatic rings.